The molecule has 0 bridgehead atoms. The number of amides is 2. The van der Waals surface area contributed by atoms with Crippen LogP contribution in [0.25, 0.3) is 0 Å². The Morgan fingerprint density at radius 2 is 2.11 bits per heavy atom. The molecule has 18 heavy (non-hydrogen) atoms. The zero-order valence-corrected chi connectivity index (χ0v) is 12.0. The van der Waals surface area contributed by atoms with Gasteiger partial charge in [0.15, 0.2) is 0 Å². The maximum atomic E-state index is 11.7. The van der Waals surface area contributed by atoms with Crippen LogP contribution in [0.1, 0.15) is 31.1 Å². The van der Waals surface area contributed by atoms with E-state index in [1.165, 1.54) is 19.4 Å². The fourth-order valence-corrected chi connectivity index (χ4v) is 2.94. The summed E-state index contributed by atoms with van der Waals surface area (Å²) in [6.07, 6.45) is 0.434. The molecular weight excluding hydrogens is 296 g/mol. The number of halogens is 1. The molecule has 1 atom stereocenters. The maximum absolute atomic E-state index is 11.7. The van der Waals surface area contributed by atoms with E-state index in [1.807, 2.05) is 18.2 Å². The first kappa shape index (κ1) is 13.1. The normalized spacial score (nSPS) is 18.2. The Labute approximate surface area is 114 Å². The first-order valence-electron chi connectivity index (χ1n) is 5.82. The van der Waals surface area contributed by atoms with Gasteiger partial charge in [-0.25, -0.2) is 0 Å². The zero-order chi connectivity index (χ0) is 13.3. The van der Waals surface area contributed by atoms with E-state index in [-0.39, 0.29) is 18.0 Å². The highest BCUT2D eigenvalue weighted by atomic mass is 79.9. The van der Waals surface area contributed by atoms with Crippen LogP contribution in [0.5, 0.6) is 0 Å². The average Bonchev–Trinajstić information content (AvgIpc) is 2.28. The quantitative estimate of drug-likeness (QED) is 0.862. The second kappa shape index (κ2) is 5.10. The Kier molecular flexibility index (Phi) is 3.71. The third-order valence-electron chi connectivity index (χ3n) is 3.09. The SMILES string of the molecule is CC(=O)NC1c2c(Br)cccc2CCN1C(C)=O. The summed E-state index contributed by atoms with van der Waals surface area (Å²) in [6.45, 7) is 3.61. The minimum atomic E-state index is -0.376. The first-order chi connectivity index (χ1) is 8.50. The number of benzene rings is 1. The van der Waals surface area contributed by atoms with E-state index in [4.69, 9.17) is 0 Å². The molecule has 1 N–H and O–H groups in total. The number of fused-ring (bicyclic) bond motifs is 1. The zero-order valence-electron chi connectivity index (χ0n) is 10.4. The molecule has 1 unspecified atom stereocenters. The second-order valence-corrected chi connectivity index (χ2v) is 5.23. The van der Waals surface area contributed by atoms with E-state index in [2.05, 4.69) is 21.2 Å². The topological polar surface area (TPSA) is 49.4 Å². The second-order valence-electron chi connectivity index (χ2n) is 4.38. The summed E-state index contributed by atoms with van der Waals surface area (Å²) in [6, 6.07) is 5.93. The lowest BCUT2D eigenvalue weighted by Gasteiger charge is -2.37. The van der Waals surface area contributed by atoms with Crippen molar-refractivity contribution >= 4 is 27.7 Å². The van der Waals surface area contributed by atoms with Crippen LogP contribution in [0.2, 0.25) is 0 Å². The molecule has 0 fully saturated rings. The molecule has 1 aliphatic heterocycles. The molecule has 4 nitrogen and oxygen atoms in total. The summed E-state index contributed by atoms with van der Waals surface area (Å²) < 4.78 is 0.921. The molecule has 1 aliphatic rings. The number of hydrogen-bond donors (Lipinski definition) is 1. The molecule has 2 rings (SSSR count). The number of hydrogen-bond acceptors (Lipinski definition) is 2. The van der Waals surface area contributed by atoms with Crippen molar-refractivity contribution in [1.82, 2.24) is 10.2 Å². The van der Waals surface area contributed by atoms with Gasteiger partial charge < -0.3 is 10.2 Å². The molecular formula is C13H15BrN2O2. The van der Waals surface area contributed by atoms with Gasteiger partial charge in [-0.3, -0.25) is 9.59 Å². The molecule has 0 spiro atoms. The molecule has 2 amide bonds. The lowest BCUT2D eigenvalue weighted by atomic mass is 9.96. The Bertz CT molecular complexity index is 502. The molecule has 1 heterocycles. The van der Waals surface area contributed by atoms with Crippen molar-refractivity contribution in [3.8, 4) is 0 Å². The summed E-state index contributed by atoms with van der Waals surface area (Å²) in [4.78, 5) is 24.7. The van der Waals surface area contributed by atoms with Crippen molar-refractivity contribution in [2.45, 2.75) is 26.4 Å². The van der Waals surface area contributed by atoms with Crippen LogP contribution in [-0.2, 0) is 16.0 Å². The Morgan fingerprint density at radius 3 is 2.72 bits per heavy atom. The van der Waals surface area contributed by atoms with Crippen molar-refractivity contribution in [2.24, 2.45) is 0 Å². The average molecular weight is 311 g/mol. The lowest BCUT2D eigenvalue weighted by molar-refractivity contribution is -0.134. The van der Waals surface area contributed by atoms with Crippen molar-refractivity contribution in [3.05, 3.63) is 33.8 Å². The molecule has 0 saturated heterocycles. The van der Waals surface area contributed by atoms with Gasteiger partial charge >= 0.3 is 0 Å². The smallest absolute Gasteiger partial charge is 0.221 e. The van der Waals surface area contributed by atoms with E-state index in [0.29, 0.717) is 6.54 Å². The van der Waals surface area contributed by atoms with Crippen LogP contribution in [0.3, 0.4) is 0 Å². The van der Waals surface area contributed by atoms with Crippen molar-refractivity contribution in [3.63, 3.8) is 0 Å². The summed E-state index contributed by atoms with van der Waals surface area (Å²) in [7, 11) is 0. The highest BCUT2D eigenvalue weighted by molar-refractivity contribution is 9.10. The Hall–Kier alpha value is -1.36. The minimum Gasteiger partial charge on any atom is -0.332 e. The highest BCUT2D eigenvalue weighted by Crippen LogP contribution is 2.33. The Balaban J connectivity index is 2.47. The van der Waals surface area contributed by atoms with Gasteiger partial charge in [0.05, 0.1) is 0 Å². The number of carbonyl (C=O) groups is 2. The summed E-state index contributed by atoms with van der Waals surface area (Å²) >= 11 is 3.50. The van der Waals surface area contributed by atoms with Crippen LogP contribution in [-0.4, -0.2) is 23.3 Å². The Morgan fingerprint density at radius 1 is 1.39 bits per heavy atom. The van der Waals surface area contributed by atoms with Crippen molar-refractivity contribution < 1.29 is 9.59 Å². The molecule has 96 valence electrons. The van der Waals surface area contributed by atoms with E-state index in [1.54, 1.807) is 4.90 Å². The molecule has 0 aliphatic carbocycles. The van der Waals surface area contributed by atoms with Gasteiger partial charge in [0, 0.05) is 30.4 Å². The molecule has 0 aromatic heterocycles. The van der Waals surface area contributed by atoms with Crippen LogP contribution in [0, 0.1) is 0 Å². The van der Waals surface area contributed by atoms with Crippen LogP contribution in [0.4, 0.5) is 0 Å². The predicted octanol–water partition coefficient (Wildman–Crippen LogP) is 1.99. The molecule has 0 radical (unpaired) electrons. The fourth-order valence-electron chi connectivity index (χ4n) is 2.31. The number of nitrogens with zero attached hydrogens (tertiary/aromatic N) is 1. The van der Waals surface area contributed by atoms with Crippen molar-refractivity contribution in [1.29, 1.82) is 0 Å². The van der Waals surface area contributed by atoms with Crippen LogP contribution < -0.4 is 5.32 Å². The number of rotatable bonds is 1. The fraction of sp³-hybridized carbons (Fsp3) is 0.385. The first-order valence-corrected chi connectivity index (χ1v) is 6.61. The van der Waals surface area contributed by atoms with E-state index >= 15 is 0 Å². The minimum absolute atomic E-state index is 0.0323. The number of nitrogens with one attached hydrogen (secondary N) is 1. The van der Waals surface area contributed by atoms with E-state index in [0.717, 1.165) is 16.5 Å². The molecule has 5 heteroatoms. The summed E-state index contributed by atoms with van der Waals surface area (Å²) in [5.41, 5.74) is 2.15. The molecule has 1 aromatic rings. The molecule has 1 aromatic carbocycles. The van der Waals surface area contributed by atoms with Gasteiger partial charge in [0.1, 0.15) is 6.17 Å². The van der Waals surface area contributed by atoms with Crippen LogP contribution >= 0.6 is 15.9 Å². The monoisotopic (exact) mass is 310 g/mol. The maximum Gasteiger partial charge on any atom is 0.221 e. The standard InChI is InChI=1S/C13H15BrN2O2/c1-8(17)15-13-12-10(4-3-5-11(12)14)6-7-16(13)9(2)18/h3-5,13H,6-7H2,1-2H3,(H,15,17). The molecule has 0 saturated carbocycles. The van der Waals surface area contributed by atoms with Crippen molar-refractivity contribution in [2.75, 3.05) is 6.54 Å². The van der Waals surface area contributed by atoms with Gasteiger partial charge in [0.25, 0.3) is 0 Å². The van der Waals surface area contributed by atoms with Crippen LogP contribution in [0.15, 0.2) is 22.7 Å². The predicted molar refractivity (Wildman–Crippen MR) is 71.8 cm³/mol. The van der Waals surface area contributed by atoms with Gasteiger partial charge in [-0.15, -0.1) is 0 Å². The lowest BCUT2D eigenvalue weighted by Crippen LogP contribution is -2.47. The van der Waals surface area contributed by atoms with Gasteiger partial charge in [0.2, 0.25) is 11.8 Å². The van der Waals surface area contributed by atoms with Gasteiger partial charge in [-0.05, 0) is 18.1 Å². The van der Waals surface area contributed by atoms with Gasteiger partial charge in [-0.2, -0.15) is 0 Å². The highest BCUT2D eigenvalue weighted by Gasteiger charge is 2.31. The van der Waals surface area contributed by atoms with Gasteiger partial charge in [-0.1, -0.05) is 28.1 Å². The van der Waals surface area contributed by atoms with E-state index in [9.17, 15) is 9.59 Å². The summed E-state index contributed by atoms with van der Waals surface area (Å²) in [5, 5.41) is 2.85. The van der Waals surface area contributed by atoms with E-state index < -0.39 is 0 Å². The third-order valence-corrected chi connectivity index (χ3v) is 3.79. The number of carbonyl (C=O) groups excluding carboxylic acids is 2. The largest absolute Gasteiger partial charge is 0.332 e. The third kappa shape index (κ3) is 2.41. The summed E-state index contributed by atoms with van der Waals surface area (Å²) in [5.74, 6) is -0.176.